The van der Waals surface area contributed by atoms with E-state index in [2.05, 4.69) is 0 Å². The van der Waals surface area contributed by atoms with Gasteiger partial charge in [-0.1, -0.05) is 6.92 Å². The number of ether oxygens (including phenoxy) is 1. The molecule has 0 bridgehead atoms. The smallest absolute Gasteiger partial charge is 0.328 e. The molecule has 1 aliphatic heterocycles. The van der Waals surface area contributed by atoms with Crippen LogP contribution in [0.2, 0.25) is 0 Å². The van der Waals surface area contributed by atoms with Gasteiger partial charge in [0, 0.05) is 31.2 Å². The highest BCUT2D eigenvalue weighted by atomic mass is 32.1. The van der Waals surface area contributed by atoms with Gasteiger partial charge >= 0.3 is 5.97 Å². The highest BCUT2D eigenvalue weighted by Crippen LogP contribution is 2.23. The Morgan fingerprint density at radius 3 is 2.95 bits per heavy atom. The maximum atomic E-state index is 12.3. The molecular formula is C15H19NO4S. The Kier molecular flexibility index (Phi) is 5.14. The molecule has 1 aliphatic rings. The van der Waals surface area contributed by atoms with E-state index in [1.54, 1.807) is 18.0 Å². The zero-order valence-electron chi connectivity index (χ0n) is 12.1. The van der Waals surface area contributed by atoms with Gasteiger partial charge in [-0.3, -0.25) is 4.79 Å². The minimum Gasteiger partial charge on any atom is -0.478 e. The Hall–Kier alpha value is -1.66. The summed E-state index contributed by atoms with van der Waals surface area (Å²) in [4.78, 5) is 25.3. The van der Waals surface area contributed by atoms with Crippen molar-refractivity contribution in [2.75, 3.05) is 13.7 Å². The molecule has 5 nitrogen and oxygen atoms in total. The Morgan fingerprint density at radius 1 is 1.57 bits per heavy atom. The van der Waals surface area contributed by atoms with Crippen molar-refractivity contribution in [2.24, 2.45) is 5.92 Å². The van der Waals surface area contributed by atoms with Crippen molar-refractivity contribution in [3.63, 3.8) is 0 Å². The molecule has 0 aromatic carbocycles. The maximum absolute atomic E-state index is 12.3. The van der Waals surface area contributed by atoms with E-state index in [-0.39, 0.29) is 17.9 Å². The van der Waals surface area contributed by atoms with Gasteiger partial charge in [0.2, 0.25) is 0 Å². The highest BCUT2D eigenvalue weighted by Gasteiger charge is 2.32. The van der Waals surface area contributed by atoms with Crippen molar-refractivity contribution in [1.82, 2.24) is 4.90 Å². The highest BCUT2D eigenvalue weighted by molar-refractivity contribution is 7.11. The van der Waals surface area contributed by atoms with Crippen LogP contribution in [0.15, 0.2) is 17.5 Å². The first-order chi connectivity index (χ1) is 9.97. The molecule has 0 radical (unpaired) electrons. The first-order valence-corrected chi connectivity index (χ1v) is 7.70. The molecule has 1 aromatic rings. The predicted molar refractivity (Wildman–Crippen MR) is 81.0 cm³/mol. The van der Waals surface area contributed by atoms with Crippen molar-refractivity contribution in [2.45, 2.75) is 26.0 Å². The van der Waals surface area contributed by atoms with E-state index in [0.717, 1.165) is 22.9 Å². The number of amides is 1. The third-order valence-corrected chi connectivity index (χ3v) is 4.44. The monoisotopic (exact) mass is 309 g/mol. The molecule has 2 unspecified atom stereocenters. The molecule has 2 rings (SSSR count). The van der Waals surface area contributed by atoms with E-state index in [1.807, 2.05) is 18.4 Å². The summed E-state index contributed by atoms with van der Waals surface area (Å²) >= 11 is 1.46. The molecule has 1 aromatic heterocycles. The first kappa shape index (κ1) is 15.7. The van der Waals surface area contributed by atoms with E-state index in [1.165, 1.54) is 11.3 Å². The largest absolute Gasteiger partial charge is 0.478 e. The number of nitrogens with zero attached hydrogens (tertiary/aromatic N) is 1. The number of thiophene rings is 1. The Bertz CT molecular complexity index is 552. The molecule has 0 saturated carbocycles. The Labute approximate surface area is 127 Å². The lowest BCUT2D eigenvalue weighted by molar-refractivity contribution is -0.141. The lowest BCUT2D eigenvalue weighted by Crippen LogP contribution is -2.38. The molecule has 0 aliphatic carbocycles. The van der Waals surface area contributed by atoms with Gasteiger partial charge in [0.15, 0.2) is 0 Å². The molecule has 6 heteroatoms. The third kappa shape index (κ3) is 4.15. The number of aliphatic carboxylic acids is 1. The van der Waals surface area contributed by atoms with Crippen molar-refractivity contribution in [1.29, 1.82) is 0 Å². The van der Waals surface area contributed by atoms with Gasteiger partial charge in [-0.05, 0) is 35.4 Å². The fraction of sp³-hybridized carbons (Fsp3) is 0.467. The number of carboxylic acid groups (broad SMARTS) is 1. The fourth-order valence-electron chi connectivity index (χ4n) is 2.30. The summed E-state index contributed by atoms with van der Waals surface area (Å²) in [5.74, 6) is -0.699. The standard InChI is InChI=1S/C15H19NO4S/c1-10-5-6-20-14(10)15(19)16(2)8-11-7-12(21-9-11)3-4-13(17)18/h3-4,7,9-10,14H,5-6,8H2,1-2H3,(H,17,18)/b4-3+. The number of hydrogen-bond acceptors (Lipinski definition) is 4. The third-order valence-electron chi connectivity index (χ3n) is 3.49. The SMILES string of the molecule is CC1CCOC1C(=O)N(C)Cc1csc(/C=C/C(=O)O)c1. The topological polar surface area (TPSA) is 66.8 Å². The molecule has 1 N–H and O–H groups in total. The summed E-state index contributed by atoms with van der Waals surface area (Å²) in [7, 11) is 1.77. The van der Waals surface area contributed by atoms with Crippen LogP contribution in [0.1, 0.15) is 23.8 Å². The van der Waals surface area contributed by atoms with Crippen molar-refractivity contribution in [3.05, 3.63) is 28.0 Å². The van der Waals surface area contributed by atoms with E-state index >= 15 is 0 Å². The van der Waals surface area contributed by atoms with Gasteiger partial charge in [-0.2, -0.15) is 0 Å². The Morgan fingerprint density at radius 2 is 2.33 bits per heavy atom. The molecule has 2 atom stereocenters. The average molecular weight is 309 g/mol. The Balaban J connectivity index is 1.94. The van der Waals surface area contributed by atoms with Crippen LogP contribution in [0, 0.1) is 5.92 Å². The summed E-state index contributed by atoms with van der Waals surface area (Å²) in [5.41, 5.74) is 0.992. The number of carbonyl (C=O) groups excluding carboxylic acids is 1. The maximum Gasteiger partial charge on any atom is 0.328 e. The number of rotatable bonds is 5. The molecule has 21 heavy (non-hydrogen) atoms. The van der Waals surface area contributed by atoms with Gasteiger partial charge in [0.05, 0.1) is 0 Å². The molecule has 2 heterocycles. The van der Waals surface area contributed by atoms with Crippen LogP contribution in [0.4, 0.5) is 0 Å². The van der Waals surface area contributed by atoms with E-state index in [9.17, 15) is 9.59 Å². The zero-order chi connectivity index (χ0) is 15.4. The average Bonchev–Trinajstić information content (AvgIpc) is 3.04. The summed E-state index contributed by atoms with van der Waals surface area (Å²) < 4.78 is 5.49. The van der Waals surface area contributed by atoms with Crippen LogP contribution in [-0.2, 0) is 20.9 Å². The molecule has 1 amide bonds. The second-order valence-electron chi connectivity index (χ2n) is 5.28. The van der Waals surface area contributed by atoms with E-state index in [4.69, 9.17) is 9.84 Å². The number of likely N-dealkylation sites (N-methyl/N-ethyl adjacent to an activating group) is 1. The zero-order valence-corrected chi connectivity index (χ0v) is 12.9. The minimum atomic E-state index is -0.968. The van der Waals surface area contributed by atoms with Crippen LogP contribution < -0.4 is 0 Å². The van der Waals surface area contributed by atoms with Crippen LogP contribution in [0.3, 0.4) is 0 Å². The predicted octanol–water partition coefficient (Wildman–Crippen LogP) is 2.23. The summed E-state index contributed by atoms with van der Waals surface area (Å²) in [6.07, 6.45) is 3.26. The molecular weight excluding hydrogens is 290 g/mol. The van der Waals surface area contributed by atoms with Crippen LogP contribution in [0.5, 0.6) is 0 Å². The number of hydrogen-bond donors (Lipinski definition) is 1. The molecule has 1 saturated heterocycles. The van der Waals surface area contributed by atoms with Crippen molar-refractivity contribution in [3.8, 4) is 0 Å². The summed E-state index contributed by atoms with van der Waals surface area (Å²) in [6.45, 7) is 3.18. The molecule has 114 valence electrons. The van der Waals surface area contributed by atoms with Crippen LogP contribution >= 0.6 is 11.3 Å². The van der Waals surface area contributed by atoms with Gasteiger partial charge in [-0.25, -0.2) is 4.79 Å². The van der Waals surface area contributed by atoms with Crippen LogP contribution in [0.25, 0.3) is 6.08 Å². The molecule has 0 spiro atoms. The second-order valence-corrected chi connectivity index (χ2v) is 6.22. The van der Waals surface area contributed by atoms with Gasteiger partial charge in [-0.15, -0.1) is 11.3 Å². The van der Waals surface area contributed by atoms with E-state index in [0.29, 0.717) is 13.2 Å². The van der Waals surface area contributed by atoms with Crippen molar-refractivity contribution < 1.29 is 19.4 Å². The second kappa shape index (κ2) is 6.87. The minimum absolute atomic E-state index is 0.00817. The van der Waals surface area contributed by atoms with Gasteiger partial charge in [0.25, 0.3) is 5.91 Å². The lowest BCUT2D eigenvalue weighted by atomic mass is 10.0. The van der Waals surface area contributed by atoms with Crippen molar-refractivity contribution >= 4 is 29.3 Å². The van der Waals surface area contributed by atoms with Gasteiger partial charge < -0.3 is 14.7 Å². The van der Waals surface area contributed by atoms with Gasteiger partial charge in [0.1, 0.15) is 6.10 Å². The number of carbonyl (C=O) groups is 2. The first-order valence-electron chi connectivity index (χ1n) is 6.82. The normalized spacial score (nSPS) is 21.8. The lowest BCUT2D eigenvalue weighted by Gasteiger charge is -2.22. The fourth-order valence-corrected chi connectivity index (χ4v) is 3.09. The summed E-state index contributed by atoms with van der Waals surface area (Å²) in [6, 6.07) is 1.90. The van der Waals surface area contributed by atoms with E-state index < -0.39 is 5.97 Å². The molecule has 1 fully saturated rings. The quantitative estimate of drug-likeness (QED) is 0.847. The number of carboxylic acids is 1. The van der Waals surface area contributed by atoms with Crippen LogP contribution in [-0.4, -0.2) is 41.6 Å². The summed E-state index contributed by atoms with van der Waals surface area (Å²) in [5, 5.41) is 10.5.